The van der Waals surface area contributed by atoms with E-state index in [0.29, 0.717) is 0 Å². The smallest absolute Gasteiger partial charge is 0.155 e. The first-order valence-electron chi connectivity index (χ1n) is 15.1. The Labute approximate surface area is 260 Å². The lowest BCUT2D eigenvalue weighted by atomic mass is 10.0. The number of nitrogens with zero attached hydrogens (tertiary/aromatic N) is 3. The van der Waals surface area contributed by atoms with E-state index in [-0.39, 0.29) is 0 Å². The van der Waals surface area contributed by atoms with E-state index in [1.165, 1.54) is 27.4 Å². The Balaban J connectivity index is 1.17. The van der Waals surface area contributed by atoms with Gasteiger partial charge in [0.1, 0.15) is 11.1 Å². The first-order valence-corrected chi connectivity index (χ1v) is 15.1. The van der Waals surface area contributed by atoms with Crippen LogP contribution in [0.5, 0.6) is 0 Å². The van der Waals surface area contributed by atoms with Gasteiger partial charge in [-0.3, -0.25) is 0 Å². The molecule has 9 rings (SSSR count). The van der Waals surface area contributed by atoms with E-state index < -0.39 is 0 Å². The van der Waals surface area contributed by atoms with Crippen LogP contribution in [0.2, 0.25) is 0 Å². The molecule has 0 aliphatic rings. The largest absolute Gasteiger partial charge is 0.454 e. The van der Waals surface area contributed by atoms with Crippen molar-refractivity contribution in [3.63, 3.8) is 0 Å². The van der Waals surface area contributed by atoms with E-state index in [9.17, 15) is 0 Å². The average molecular weight is 578 g/mol. The van der Waals surface area contributed by atoms with Crippen molar-refractivity contribution in [2.75, 3.05) is 4.90 Å². The monoisotopic (exact) mass is 577 g/mol. The number of anilines is 3. The van der Waals surface area contributed by atoms with Crippen molar-refractivity contribution < 1.29 is 4.42 Å². The number of hydrogen-bond donors (Lipinski definition) is 0. The zero-order valence-corrected chi connectivity index (χ0v) is 24.3. The summed E-state index contributed by atoms with van der Waals surface area (Å²) in [7, 11) is 0. The van der Waals surface area contributed by atoms with Gasteiger partial charge >= 0.3 is 0 Å². The van der Waals surface area contributed by atoms with E-state index in [0.717, 1.165) is 50.4 Å². The highest BCUT2D eigenvalue weighted by Gasteiger charge is 2.18. The lowest BCUT2D eigenvalue weighted by Gasteiger charge is -2.25. The minimum Gasteiger partial charge on any atom is -0.454 e. The van der Waals surface area contributed by atoms with Gasteiger partial charge < -0.3 is 13.9 Å². The molecule has 0 unspecified atom stereocenters. The molecule has 0 spiro atoms. The van der Waals surface area contributed by atoms with Crippen LogP contribution in [0.1, 0.15) is 0 Å². The van der Waals surface area contributed by atoms with Crippen LogP contribution in [-0.4, -0.2) is 9.55 Å². The molecule has 0 atom stereocenters. The Morgan fingerprint density at radius 2 is 1.09 bits per heavy atom. The summed E-state index contributed by atoms with van der Waals surface area (Å²) in [5, 5.41) is 3.54. The van der Waals surface area contributed by atoms with Crippen LogP contribution in [0.25, 0.3) is 60.7 Å². The van der Waals surface area contributed by atoms with Crippen molar-refractivity contribution in [1.29, 1.82) is 0 Å². The quantitative estimate of drug-likeness (QED) is 0.204. The second-order valence-electron chi connectivity index (χ2n) is 11.2. The van der Waals surface area contributed by atoms with Crippen molar-refractivity contribution in [1.82, 2.24) is 9.55 Å². The first-order chi connectivity index (χ1) is 22.3. The van der Waals surface area contributed by atoms with Crippen LogP contribution in [0.3, 0.4) is 0 Å². The predicted molar refractivity (Wildman–Crippen MR) is 186 cm³/mol. The molecule has 0 amide bonds. The average Bonchev–Trinajstić information content (AvgIpc) is 3.65. The SMILES string of the molecule is c1ccc(N(c2ccc(-c3ccccc3-n3c4ccccc4c4ccccc43)cc2)c2cnc3c(c2)oc2ccccc23)cc1. The molecule has 0 saturated heterocycles. The van der Waals surface area contributed by atoms with E-state index in [2.05, 4.69) is 143 Å². The number of furan rings is 1. The molecule has 0 fully saturated rings. The third kappa shape index (κ3) is 4.11. The summed E-state index contributed by atoms with van der Waals surface area (Å²) in [6.45, 7) is 0. The second kappa shape index (κ2) is 10.2. The normalized spacial score (nSPS) is 11.6. The van der Waals surface area contributed by atoms with E-state index in [1.54, 1.807) is 0 Å². The van der Waals surface area contributed by atoms with Crippen LogP contribution >= 0.6 is 0 Å². The Bertz CT molecular complexity index is 2440. The van der Waals surface area contributed by atoms with Crippen LogP contribution < -0.4 is 4.90 Å². The van der Waals surface area contributed by atoms with Gasteiger partial charge in [0.2, 0.25) is 0 Å². The van der Waals surface area contributed by atoms with Gasteiger partial charge in [-0.15, -0.1) is 0 Å². The van der Waals surface area contributed by atoms with E-state index in [1.807, 2.05) is 30.5 Å². The number of aromatic nitrogens is 2. The van der Waals surface area contributed by atoms with Crippen LogP contribution in [0, 0.1) is 0 Å². The lowest BCUT2D eigenvalue weighted by molar-refractivity contribution is 0.668. The highest BCUT2D eigenvalue weighted by Crippen LogP contribution is 2.40. The van der Waals surface area contributed by atoms with Gasteiger partial charge in [-0.05, 0) is 60.2 Å². The standard InChI is InChI=1S/C41H27N3O/c1-2-12-29(13-3-1)43(31-26-40-41(42-27-31)35-17-7-11-21-39(35)45-40)30-24-22-28(23-25-30)32-14-4-8-18-36(32)44-37-19-9-5-15-33(37)34-16-6-10-20-38(34)44/h1-27H. The fraction of sp³-hybridized carbons (Fsp3) is 0. The summed E-state index contributed by atoms with van der Waals surface area (Å²) in [5.74, 6) is 0. The Hall–Kier alpha value is -6.13. The molecular formula is C41H27N3O. The first kappa shape index (κ1) is 25.4. The maximum Gasteiger partial charge on any atom is 0.155 e. The molecular weight excluding hydrogens is 550 g/mol. The van der Waals surface area contributed by atoms with Gasteiger partial charge in [0, 0.05) is 39.2 Å². The summed E-state index contributed by atoms with van der Waals surface area (Å²) < 4.78 is 8.60. The van der Waals surface area contributed by atoms with Crippen molar-refractivity contribution in [2.45, 2.75) is 0 Å². The minimum absolute atomic E-state index is 0.770. The van der Waals surface area contributed by atoms with Crippen molar-refractivity contribution in [3.05, 3.63) is 164 Å². The fourth-order valence-electron chi connectivity index (χ4n) is 6.62. The highest BCUT2D eigenvalue weighted by atomic mass is 16.3. The number of rotatable bonds is 5. The summed E-state index contributed by atoms with van der Waals surface area (Å²) in [5.41, 5.74) is 11.4. The molecule has 212 valence electrons. The summed E-state index contributed by atoms with van der Waals surface area (Å²) in [6, 6.07) is 55.3. The number of para-hydroxylation sites is 5. The van der Waals surface area contributed by atoms with Crippen LogP contribution in [-0.2, 0) is 0 Å². The summed E-state index contributed by atoms with van der Waals surface area (Å²) in [6.07, 6.45) is 1.93. The lowest BCUT2D eigenvalue weighted by Crippen LogP contribution is -2.10. The molecule has 9 aromatic rings. The third-order valence-electron chi connectivity index (χ3n) is 8.63. The van der Waals surface area contributed by atoms with Crippen molar-refractivity contribution >= 4 is 60.9 Å². The van der Waals surface area contributed by atoms with Crippen molar-refractivity contribution in [3.8, 4) is 16.8 Å². The van der Waals surface area contributed by atoms with Gasteiger partial charge in [0.15, 0.2) is 5.58 Å². The predicted octanol–water partition coefficient (Wildman–Crippen LogP) is 11.2. The zero-order chi connectivity index (χ0) is 29.7. The van der Waals surface area contributed by atoms with Gasteiger partial charge in [-0.1, -0.05) is 97.1 Å². The number of fused-ring (bicyclic) bond motifs is 6. The number of benzene rings is 6. The molecule has 0 aliphatic heterocycles. The Morgan fingerprint density at radius 1 is 0.489 bits per heavy atom. The third-order valence-corrected chi connectivity index (χ3v) is 8.63. The molecule has 0 bridgehead atoms. The molecule has 4 nitrogen and oxygen atoms in total. The topological polar surface area (TPSA) is 34.2 Å². The number of hydrogen-bond acceptors (Lipinski definition) is 3. The van der Waals surface area contributed by atoms with Crippen LogP contribution in [0.4, 0.5) is 17.1 Å². The molecule has 3 heterocycles. The molecule has 0 saturated carbocycles. The van der Waals surface area contributed by atoms with Gasteiger partial charge in [0.25, 0.3) is 0 Å². The van der Waals surface area contributed by atoms with Crippen molar-refractivity contribution in [2.24, 2.45) is 0 Å². The maximum atomic E-state index is 6.21. The molecule has 0 N–H and O–H groups in total. The molecule has 6 aromatic carbocycles. The molecule has 4 heteroatoms. The Kier molecular flexibility index (Phi) is 5.78. The second-order valence-corrected chi connectivity index (χ2v) is 11.2. The van der Waals surface area contributed by atoms with Gasteiger partial charge in [-0.2, -0.15) is 0 Å². The molecule has 45 heavy (non-hydrogen) atoms. The minimum atomic E-state index is 0.770. The number of pyridine rings is 1. The maximum absolute atomic E-state index is 6.21. The summed E-state index contributed by atoms with van der Waals surface area (Å²) >= 11 is 0. The molecule has 3 aromatic heterocycles. The highest BCUT2D eigenvalue weighted by molar-refractivity contribution is 6.09. The molecule has 0 radical (unpaired) electrons. The summed E-state index contributed by atoms with van der Waals surface area (Å²) in [4.78, 5) is 7.08. The van der Waals surface area contributed by atoms with Gasteiger partial charge in [0.05, 0.1) is 28.6 Å². The van der Waals surface area contributed by atoms with Gasteiger partial charge in [-0.25, -0.2) is 4.98 Å². The van der Waals surface area contributed by atoms with Crippen LogP contribution in [0.15, 0.2) is 168 Å². The molecule has 0 aliphatic carbocycles. The fourth-order valence-corrected chi connectivity index (χ4v) is 6.62. The van der Waals surface area contributed by atoms with E-state index >= 15 is 0 Å². The zero-order valence-electron chi connectivity index (χ0n) is 24.3. The Morgan fingerprint density at radius 3 is 1.84 bits per heavy atom. The van der Waals surface area contributed by atoms with E-state index in [4.69, 9.17) is 9.40 Å².